The van der Waals surface area contributed by atoms with E-state index in [1.807, 2.05) is 19.9 Å². The standard InChI is InChI=1S/C13H15ClN2O2/c1-7(2)11-12(18-13(15)16-11)8-4-5-10(17-3)9(14)6-8/h4-7H,1-3H3,(H2,15,16). The van der Waals surface area contributed by atoms with Crippen LogP contribution in [-0.4, -0.2) is 12.1 Å². The minimum absolute atomic E-state index is 0.167. The Bertz CT molecular complexity index is 564. The number of nitrogens with two attached hydrogens (primary N) is 1. The molecule has 96 valence electrons. The van der Waals surface area contributed by atoms with E-state index < -0.39 is 0 Å². The predicted molar refractivity (Wildman–Crippen MR) is 72.0 cm³/mol. The number of hydrogen-bond acceptors (Lipinski definition) is 4. The number of nitrogens with zero attached hydrogens (tertiary/aromatic N) is 1. The van der Waals surface area contributed by atoms with Crippen molar-refractivity contribution in [2.24, 2.45) is 0 Å². The number of halogens is 1. The van der Waals surface area contributed by atoms with Crippen molar-refractivity contribution >= 4 is 17.6 Å². The second-order valence-corrected chi connectivity index (χ2v) is 4.68. The molecule has 0 aliphatic carbocycles. The molecule has 0 spiro atoms. The maximum Gasteiger partial charge on any atom is 0.292 e. The first-order valence-corrected chi connectivity index (χ1v) is 6.00. The van der Waals surface area contributed by atoms with Crippen molar-refractivity contribution in [2.45, 2.75) is 19.8 Å². The number of methoxy groups -OCH3 is 1. The Balaban J connectivity index is 2.51. The fourth-order valence-corrected chi connectivity index (χ4v) is 2.01. The molecule has 0 aliphatic rings. The Kier molecular flexibility index (Phi) is 3.48. The first-order valence-electron chi connectivity index (χ1n) is 5.63. The van der Waals surface area contributed by atoms with Crippen molar-refractivity contribution in [3.05, 3.63) is 28.9 Å². The average molecular weight is 267 g/mol. The maximum absolute atomic E-state index is 6.10. The fraction of sp³-hybridized carbons (Fsp3) is 0.308. The van der Waals surface area contributed by atoms with Crippen LogP contribution in [0.3, 0.4) is 0 Å². The van der Waals surface area contributed by atoms with Gasteiger partial charge >= 0.3 is 0 Å². The van der Waals surface area contributed by atoms with Gasteiger partial charge in [-0.25, -0.2) is 0 Å². The lowest BCUT2D eigenvalue weighted by Gasteiger charge is -2.06. The summed E-state index contributed by atoms with van der Waals surface area (Å²) in [6.45, 7) is 4.07. The topological polar surface area (TPSA) is 61.3 Å². The zero-order valence-electron chi connectivity index (χ0n) is 10.5. The van der Waals surface area contributed by atoms with Crippen LogP contribution in [0.25, 0.3) is 11.3 Å². The van der Waals surface area contributed by atoms with Crippen molar-refractivity contribution in [1.29, 1.82) is 0 Å². The normalized spacial score (nSPS) is 10.9. The zero-order valence-corrected chi connectivity index (χ0v) is 11.3. The molecule has 0 saturated heterocycles. The number of rotatable bonds is 3. The van der Waals surface area contributed by atoms with Gasteiger partial charge in [0.25, 0.3) is 6.01 Å². The Labute approximate surface area is 111 Å². The molecule has 1 aromatic carbocycles. The van der Waals surface area contributed by atoms with Gasteiger partial charge in [-0.1, -0.05) is 25.4 Å². The molecule has 4 nitrogen and oxygen atoms in total. The summed E-state index contributed by atoms with van der Waals surface area (Å²) < 4.78 is 10.6. The van der Waals surface area contributed by atoms with E-state index in [-0.39, 0.29) is 11.9 Å². The first kappa shape index (κ1) is 12.8. The van der Waals surface area contributed by atoms with E-state index in [0.717, 1.165) is 11.3 Å². The maximum atomic E-state index is 6.10. The van der Waals surface area contributed by atoms with Gasteiger partial charge in [-0.2, -0.15) is 4.98 Å². The zero-order chi connectivity index (χ0) is 13.3. The van der Waals surface area contributed by atoms with E-state index in [1.165, 1.54) is 0 Å². The summed E-state index contributed by atoms with van der Waals surface area (Å²) in [4.78, 5) is 4.20. The monoisotopic (exact) mass is 266 g/mol. The number of benzene rings is 1. The van der Waals surface area contributed by atoms with Crippen LogP contribution in [0.1, 0.15) is 25.5 Å². The minimum Gasteiger partial charge on any atom is -0.495 e. The van der Waals surface area contributed by atoms with Gasteiger partial charge in [-0.15, -0.1) is 0 Å². The summed E-state index contributed by atoms with van der Waals surface area (Å²) >= 11 is 6.10. The van der Waals surface area contributed by atoms with Crippen LogP contribution >= 0.6 is 11.6 Å². The largest absolute Gasteiger partial charge is 0.495 e. The number of nitrogen functional groups attached to an aromatic ring is 1. The number of aromatic nitrogens is 1. The van der Waals surface area contributed by atoms with Crippen molar-refractivity contribution in [2.75, 3.05) is 12.8 Å². The Hall–Kier alpha value is -1.68. The number of ether oxygens (including phenoxy) is 1. The van der Waals surface area contributed by atoms with Crippen LogP contribution < -0.4 is 10.5 Å². The lowest BCUT2D eigenvalue weighted by Crippen LogP contribution is -1.92. The molecule has 1 aromatic heterocycles. The molecule has 0 atom stereocenters. The highest BCUT2D eigenvalue weighted by Crippen LogP contribution is 2.35. The summed E-state index contributed by atoms with van der Waals surface area (Å²) in [7, 11) is 1.58. The summed E-state index contributed by atoms with van der Waals surface area (Å²) in [5.41, 5.74) is 7.28. The lowest BCUT2D eigenvalue weighted by atomic mass is 10.0. The lowest BCUT2D eigenvalue weighted by molar-refractivity contribution is 0.415. The highest BCUT2D eigenvalue weighted by Gasteiger charge is 2.17. The molecule has 2 rings (SSSR count). The third kappa shape index (κ3) is 2.29. The van der Waals surface area contributed by atoms with Gasteiger partial charge in [0.15, 0.2) is 5.76 Å². The Morgan fingerprint density at radius 3 is 2.67 bits per heavy atom. The average Bonchev–Trinajstić information content (AvgIpc) is 2.71. The molecule has 18 heavy (non-hydrogen) atoms. The van der Waals surface area contributed by atoms with Crippen LogP contribution in [0.4, 0.5) is 6.01 Å². The van der Waals surface area contributed by atoms with Gasteiger partial charge in [-0.05, 0) is 24.1 Å². The molecule has 2 N–H and O–H groups in total. The van der Waals surface area contributed by atoms with E-state index in [4.69, 9.17) is 26.5 Å². The molecule has 0 fully saturated rings. The molecule has 5 heteroatoms. The molecule has 0 amide bonds. The summed E-state index contributed by atoms with van der Waals surface area (Å²) in [5.74, 6) is 1.51. The smallest absolute Gasteiger partial charge is 0.292 e. The van der Waals surface area contributed by atoms with Crippen molar-refractivity contribution in [3.8, 4) is 17.1 Å². The molecular formula is C13H15ClN2O2. The summed E-state index contributed by atoms with van der Waals surface area (Å²) in [6.07, 6.45) is 0. The highest BCUT2D eigenvalue weighted by atomic mass is 35.5. The minimum atomic E-state index is 0.167. The third-order valence-corrected chi connectivity index (χ3v) is 2.93. The van der Waals surface area contributed by atoms with Gasteiger partial charge in [0.2, 0.25) is 0 Å². The third-order valence-electron chi connectivity index (χ3n) is 2.63. The van der Waals surface area contributed by atoms with E-state index in [0.29, 0.717) is 16.5 Å². The fourth-order valence-electron chi connectivity index (χ4n) is 1.75. The van der Waals surface area contributed by atoms with E-state index in [2.05, 4.69) is 4.98 Å². The number of anilines is 1. The molecule has 0 radical (unpaired) electrons. The van der Waals surface area contributed by atoms with Gasteiger partial charge < -0.3 is 14.9 Å². The van der Waals surface area contributed by atoms with Crippen molar-refractivity contribution < 1.29 is 9.15 Å². The van der Waals surface area contributed by atoms with Gasteiger partial charge in [0.1, 0.15) is 5.75 Å². The van der Waals surface area contributed by atoms with Crippen molar-refractivity contribution in [3.63, 3.8) is 0 Å². The summed E-state index contributed by atoms with van der Waals surface area (Å²) in [5, 5.41) is 0.527. The van der Waals surface area contributed by atoms with Crippen LogP contribution in [0.2, 0.25) is 5.02 Å². The first-order chi connectivity index (χ1) is 8.52. The van der Waals surface area contributed by atoms with Crippen molar-refractivity contribution in [1.82, 2.24) is 4.98 Å². The van der Waals surface area contributed by atoms with Gasteiger partial charge in [-0.3, -0.25) is 0 Å². The van der Waals surface area contributed by atoms with Gasteiger partial charge in [0.05, 0.1) is 17.8 Å². The molecular weight excluding hydrogens is 252 g/mol. The Morgan fingerprint density at radius 1 is 1.39 bits per heavy atom. The molecule has 0 saturated carbocycles. The molecule has 1 heterocycles. The van der Waals surface area contributed by atoms with E-state index >= 15 is 0 Å². The Morgan fingerprint density at radius 2 is 2.11 bits per heavy atom. The van der Waals surface area contributed by atoms with Crippen LogP contribution in [-0.2, 0) is 0 Å². The number of hydrogen-bond donors (Lipinski definition) is 1. The van der Waals surface area contributed by atoms with Crippen LogP contribution in [0.15, 0.2) is 22.6 Å². The van der Waals surface area contributed by atoms with Crippen LogP contribution in [0, 0.1) is 0 Å². The molecule has 0 bridgehead atoms. The predicted octanol–water partition coefficient (Wildman–Crippen LogP) is 3.71. The SMILES string of the molecule is COc1ccc(-c2oc(N)nc2C(C)C)cc1Cl. The summed E-state index contributed by atoms with van der Waals surface area (Å²) in [6, 6.07) is 5.61. The second kappa shape index (κ2) is 4.90. The quantitative estimate of drug-likeness (QED) is 0.920. The van der Waals surface area contributed by atoms with Crippen LogP contribution in [0.5, 0.6) is 5.75 Å². The second-order valence-electron chi connectivity index (χ2n) is 4.27. The van der Waals surface area contributed by atoms with E-state index in [9.17, 15) is 0 Å². The molecule has 2 aromatic rings. The van der Waals surface area contributed by atoms with E-state index in [1.54, 1.807) is 19.2 Å². The molecule has 0 aliphatic heterocycles. The number of oxazole rings is 1. The van der Waals surface area contributed by atoms with Gasteiger partial charge in [0, 0.05) is 5.56 Å². The highest BCUT2D eigenvalue weighted by molar-refractivity contribution is 6.32. The molecule has 0 unspecified atom stereocenters.